The van der Waals surface area contributed by atoms with E-state index >= 15 is 0 Å². The van der Waals surface area contributed by atoms with Gasteiger partial charge in [-0.2, -0.15) is 0 Å². The number of carboxylic acid groups (broad SMARTS) is 1. The molecule has 0 aromatic carbocycles. The molecule has 0 bridgehead atoms. The van der Waals surface area contributed by atoms with Crippen molar-refractivity contribution in [2.24, 2.45) is 23.5 Å². The monoisotopic (exact) mass is 270 g/mol. The number of carbonyl (C=O) groups is 2. The molecule has 5 nitrogen and oxygen atoms in total. The first-order valence-electron chi connectivity index (χ1n) is 7.19. The summed E-state index contributed by atoms with van der Waals surface area (Å²) in [6, 6.07) is -0.784. The summed E-state index contributed by atoms with van der Waals surface area (Å²) in [4.78, 5) is 23.4. The average Bonchev–Trinajstić information content (AvgIpc) is 2.37. The van der Waals surface area contributed by atoms with Crippen LogP contribution >= 0.6 is 0 Å². The first-order valence-corrected chi connectivity index (χ1v) is 7.19. The van der Waals surface area contributed by atoms with E-state index in [1.807, 2.05) is 13.8 Å². The molecule has 4 N–H and O–H groups in total. The van der Waals surface area contributed by atoms with Gasteiger partial charge in [0.25, 0.3) is 0 Å². The highest BCUT2D eigenvalue weighted by Crippen LogP contribution is 2.29. The maximum absolute atomic E-state index is 12.2. The fraction of sp³-hybridized carbons (Fsp3) is 0.857. The third-order valence-electron chi connectivity index (χ3n) is 3.87. The summed E-state index contributed by atoms with van der Waals surface area (Å²) in [6.45, 7) is 4.40. The molecule has 0 saturated heterocycles. The first kappa shape index (κ1) is 16.0. The van der Waals surface area contributed by atoms with Crippen molar-refractivity contribution in [2.75, 3.05) is 6.54 Å². The van der Waals surface area contributed by atoms with Crippen LogP contribution in [0.15, 0.2) is 0 Å². The van der Waals surface area contributed by atoms with E-state index < -0.39 is 12.0 Å². The van der Waals surface area contributed by atoms with Crippen LogP contribution in [-0.4, -0.2) is 29.6 Å². The zero-order valence-corrected chi connectivity index (χ0v) is 11.9. The number of nitrogens with one attached hydrogen (secondary N) is 1. The number of nitrogens with two attached hydrogens (primary N) is 1. The molecule has 0 aliphatic heterocycles. The third-order valence-corrected chi connectivity index (χ3v) is 3.87. The summed E-state index contributed by atoms with van der Waals surface area (Å²) in [7, 11) is 0. The molecule has 0 heterocycles. The molecule has 0 aromatic heterocycles. The minimum Gasteiger partial charge on any atom is -0.480 e. The molecule has 5 heteroatoms. The Morgan fingerprint density at radius 1 is 1.32 bits per heavy atom. The van der Waals surface area contributed by atoms with Crippen molar-refractivity contribution >= 4 is 11.9 Å². The Balaban J connectivity index is 2.62. The number of aliphatic carboxylic acids is 1. The van der Waals surface area contributed by atoms with E-state index in [1.165, 1.54) is 0 Å². The smallest absolute Gasteiger partial charge is 0.326 e. The lowest BCUT2D eigenvalue weighted by Gasteiger charge is -2.30. The number of rotatable bonds is 6. The van der Waals surface area contributed by atoms with E-state index in [0.717, 1.165) is 25.7 Å². The molecule has 3 atom stereocenters. The molecule has 1 aliphatic carbocycles. The quantitative estimate of drug-likeness (QED) is 0.679. The molecule has 1 aliphatic rings. The average molecular weight is 270 g/mol. The molecule has 0 spiro atoms. The van der Waals surface area contributed by atoms with Crippen LogP contribution in [0.1, 0.15) is 46.0 Å². The Morgan fingerprint density at radius 3 is 2.47 bits per heavy atom. The highest BCUT2D eigenvalue weighted by atomic mass is 16.4. The molecule has 1 amide bonds. The normalized spacial score (nSPS) is 25.1. The van der Waals surface area contributed by atoms with Gasteiger partial charge in [-0.1, -0.05) is 26.7 Å². The van der Waals surface area contributed by atoms with Gasteiger partial charge in [0.1, 0.15) is 6.04 Å². The van der Waals surface area contributed by atoms with Gasteiger partial charge < -0.3 is 16.2 Å². The fourth-order valence-electron chi connectivity index (χ4n) is 2.81. The van der Waals surface area contributed by atoms with Crippen LogP contribution in [0.4, 0.5) is 0 Å². The zero-order valence-electron chi connectivity index (χ0n) is 11.9. The maximum Gasteiger partial charge on any atom is 0.326 e. The second kappa shape index (κ2) is 7.48. The number of hydrogen-bond donors (Lipinski definition) is 3. The summed E-state index contributed by atoms with van der Waals surface area (Å²) in [6.07, 6.45) is 4.38. The molecule has 1 fully saturated rings. The van der Waals surface area contributed by atoms with Gasteiger partial charge in [-0.05, 0) is 37.6 Å². The fourth-order valence-corrected chi connectivity index (χ4v) is 2.81. The topological polar surface area (TPSA) is 92.4 Å². The minimum absolute atomic E-state index is 0.118. The lowest BCUT2D eigenvalue weighted by molar-refractivity contribution is -0.143. The number of amides is 1. The first-order chi connectivity index (χ1) is 8.95. The Labute approximate surface area is 114 Å². The lowest BCUT2D eigenvalue weighted by atomic mass is 9.78. The molecule has 0 radical (unpaired) electrons. The molecule has 2 unspecified atom stereocenters. The zero-order chi connectivity index (χ0) is 14.4. The molecule has 1 saturated carbocycles. The van der Waals surface area contributed by atoms with Crippen molar-refractivity contribution in [3.05, 3.63) is 0 Å². The van der Waals surface area contributed by atoms with E-state index in [1.54, 1.807) is 0 Å². The van der Waals surface area contributed by atoms with Crippen LogP contribution in [0, 0.1) is 17.8 Å². The van der Waals surface area contributed by atoms with Crippen LogP contribution in [0.5, 0.6) is 0 Å². The van der Waals surface area contributed by atoms with Crippen LogP contribution in [-0.2, 0) is 9.59 Å². The van der Waals surface area contributed by atoms with Gasteiger partial charge in [-0.3, -0.25) is 4.79 Å². The summed E-state index contributed by atoms with van der Waals surface area (Å²) < 4.78 is 0. The summed E-state index contributed by atoms with van der Waals surface area (Å²) in [5.74, 6) is -0.779. The molecule has 0 aromatic rings. The molecule has 1 rings (SSSR count). The van der Waals surface area contributed by atoms with Crippen molar-refractivity contribution in [1.29, 1.82) is 0 Å². The van der Waals surface area contributed by atoms with Crippen molar-refractivity contribution in [2.45, 2.75) is 52.0 Å². The van der Waals surface area contributed by atoms with Crippen LogP contribution in [0.25, 0.3) is 0 Å². The number of carboxylic acids is 1. The van der Waals surface area contributed by atoms with E-state index in [2.05, 4.69) is 5.32 Å². The second-order valence-corrected chi connectivity index (χ2v) is 5.92. The van der Waals surface area contributed by atoms with Gasteiger partial charge in [-0.25, -0.2) is 4.79 Å². The lowest BCUT2D eigenvalue weighted by Crippen LogP contribution is -2.47. The van der Waals surface area contributed by atoms with Crippen molar-refractivity contribution < 1.29 is 14.7 Å². The van der Waals surface area contributed by atoms with Crippen molar-refractivity contribution in [3.63, 3.8) is 0 Å². The standard InChI is InChI=1S/C14H26N2O3/c1-9(2)7-12(14(18)19)16-13(17)11-6-4-3-5-10(11)8-15/h9-12H,3-8,15H2,1-2H3,(H,16,17)(H,18,19)/t10?,11?,12-/m1/s1. The summed E-state index contributed by atoms with van der Waals surface area (Å²) in [5.41, 5.74) is 5.71. The van der Waals surface area contributed by atoms with Gasteiger partial charge in [-0.15, -0.1) is 0 Å². The predicted molar refractivity (Wildman–Crippen MR) is 73.5 cm³/mol. The molecular weight excluding hydrogens is 244 g/mol. The van der Waals surface area contributed by atoms with Crippen LogP contribution < -0.4 is 11.1 Å². The van der Waals surface area contributed by atoms with Gasteiger partial charge in [0.2, 0.25) is 5.91 Å². The van der Waals surface area contributed by atoms with Crippen LogP contribution in [0.3, 0.4) is 0 Å². The van der Waals surface area contributed by atoms with E-state index in [-0.39, 0.29) is 23.7 Å². The summed E-state index contributed by atoms with van der Waals surface area (Å²) >= 11 is 0. The number of hydrogen-bond acceptors (Lipinski definition) is 3. The summed E-state index contributed by atoms with van der Waals surface area (Å²) in [5, 5.41) is 11.8. The maximum atomic E-state index is 12.2. The highest BCUT2D eigenvalue weighted by molar-refractivity contribution is 5.85. The van der Waals surface area contributed by atoms with Gasteiger partial charge in [0, 0.05) is 5.92 Å². The highest BCUT2D eigenvalue weighted by Gasteiger charge is 2.32. The van der Waals surface area contributed by atoms with Crippen molar-refractivity contribution in [3.8, 4) is 0 Å². The second-order valence-electron chi connectivity index (χ2n) is 5.92. The predicted octanol–water partition coefficient (Wildman–Crippen LogP) is 1.37. The van der Waals surface area contributed by atoms with Crippen LogP contribution in [0.2, 0.25) is 0 Å². The van der Waals surface area contributed by atoms with E-state index in [4.69, 9.17) is 10.8 Å². The van der Waals surface area contributed by atoms with E-state index in [9.17, 15) is 9.59 Å². The Kier molecular flexibility index (Phi) is 6.28. The molecule has 19 heavy (non-hydrogen) atoms. The van der Waals surface area contributed by atoms with Gasteiger partial charge in [0.15, 0.2) is 0 Å². The van der Waals surface area contributed by atoms with Gasteiger partial charge in [0.05, 0.1) is 0 Å². The number of carbonyl (C=O) groups excluding carboxylic acids is 1. The molecule has 110 valence electrons. The Morgan fingerprint density at radius 2 is 1.95 bits per heavy atom. The third kappa shape index (κ3) is 4.82. The van der Waals surface area contributed by atoms with Crippen molar-refractivity contribution in [1.82, 2.24) is 5.32 Å². The van der Waals surface area contributed by atoms with Gasteiger partial charge >= 0.3 is 5.97 Å². The minimum atomic E-state index is -0.956. The SMILES string of the molecule is CC(C)C[C@@H](NC(=O)C1CCCCC1CN)C(=O)O. The van der Waals surface area contributed by atoms with E-state index in [0.29, 0.717) is 13.0 Å². The molecular formula is C14H26N2O3. The Hall–Kier alpha value is -1.10. The Bertz CT molecular complexity index is 318. The largest absolute Gasteiger partial charge is 0.480 e.